The minimum atomic E-state index is -3.18. The average Bonchev–Trinajstić information content (AvgIpc) is 2.79. The van der Waals surface area contributed by atoms with Gasteiger partial charge in [-0.3, -0.25) is 9.48 Å². The molecule has 0 saturated carbocycles. The molecule has 20 heavy (non-hydrogen) atoms. The van der Waals surface area contributed by atoms with Gasteiger partial charge in [0.2, 0.25) is 15.9 Å². The Labute approximate surface area is 119 Å². The van der Waals surface area contributed by atoms with Gasteiger partial charge in [0.15, 0.2) is 0 Å². The number of carbonyl (C=O) groups excluding carboxylic acids is 1. The van der Waals surface area contributed by atoms with Crippen molar-refractivity contribution in [3.05, 3.63) is 18.5 Å². The highest BCUT2D eigenvalue weighted by atomic mass is 32.2. The summed E-state index contributed by atoms with van der Waals surface area (Å²) >= 11 is 0. The van der Waals surface area contributed by atoms with Gasteiger partial charge in [-0.25, -0.2) is 12.7 Å². The molecular formula is C12H20N4O3S. The summed E-state index contributed by atoms with van der Waals surface area (Å²) in [7, 11) is -3.18. The van der Waals surface area contributed by atoms with Crippen LogP contribution >= 0.6 is 0 Å². The zero-order chi connectivity index (χ0) is 14.8. The van der Waals surface area contributed by atoms with Crippen molar-refractivity contribution >= 4 is 15.9 Å². The van der Waals surface area contributed by atoms with Gasteiger partial charge in [0.1, 0.15) is 6.04 Å². The zero-order valence-electron chi connectivity index (χ0n) is 11.8. The Balaban J connectivity index is 2.02. The first-order valence-corrected chi connectivity index (χ1v) is 8.47. The second-order valence-electron chi connectivity index (χ2n) is 5.00. The van der Waals surface area contributed by atoms with Crippen molar-refractivity contribution in [1.82, 2.24) is 19.0 Å². The quantitative estimate of drug-likeness (QED) is 0.783. The summed E-state index contributed by atoms with van der Waals surface area (Å²) in [6.45, 7) is 3.64. The number of hydrogen-bond acceptors (Lipinski definition) is 4. The van der Waals surface area contributed by atoms with E-state index >= 15 is 0 Å². The van der Waals surface area contributed by atoms with E-state index in [1.54, 1.807) is 35.0 Å². The molecule has 0 radical (unpaired) electrons. The summed E-state index contributed by atoms with van der Waals surface area (Å²) < 4.78 is 26.1. The molecule has 0 bridgehead atoms. The Kier molecular flexibility index (Phi) is 4.44. The van der Waals surface area contributed by atoms with Gasteiger partial charge in [0, 0.05) is 38.6 Å². The highest BCUT2D eigenvalue weighted by molar-refractivity contribution is 7.88. The number of amides is 1. The van der Waals surface area contributed by atoms with Crippen molar-refractivity contribution in [2.45, 2.75) is 19.4 Å². The predicted molar refractivity (Wildman–Crippen MR) is 74.6 cm³/mol. The van der Waals surface area contributed by atoms with Crippen LogP contribution in [-0.4, -0.2) is 65.7 Å². The average molecular weight is 300 g/mol. The Morgan fingerprint density at radius 3 is 2.60 bits per heavy atom. The van der Waals surface area contributed by atoms with Crippen molar-refractivity contribution in [1.29, 1.82) is 0 Å². The molecule has 1 aliphatic heterocycles. The first kappa shape index (κ1) is 15.0. The Bertz CT molecular complexity index is 555. The van der Waals surface area contributed by atoms with E-state index in [-0.39, 0.29) is 11.9 Å². The van der Waals surface area contributed by atoms with E-state index in [0.29, 0.717) is 32.6 Å². The van der Waals surface area contributed by atoms with Gasteiger partial charge in [-0.1, -0.05) is 0 Å². The highest BCUT2D eigenvalue weighted by Gasteiger charge is 2.27. The van der Waals surface area contributed by atoms with E-state index in [9.17, 15) is 13.2 Å². The standard InChI is InChI=1S/C12H20N4O3S/c1-11(16-8-3-5-13-16)12(17)14-6-4-7-15(10-9-14)20(2,18)19/h3,5,8,11H,4,6-7,9-10H2,1-2H3. The van der Waals surface area contributed by atoms with E-state index < -0.39 is 10.0 Å². The van der Waals surface area contributed by atoms with Crippen molar-refractivity contribution in [2.75, 3.05) is 32.4 Å². The Morgan fingerprint density at radius 1 is 1.25 bits per heavy atom. The third-order valence-electron chi connectivity index (χ3n) is 3.51. The van der Waals surface area contributed by atoms with E-state index in [4.69, 9.17) is 0 Å². The Hall–Kier alpha value is -1.41. The lowest BCUT2D eigenvalue weighted by Gasteiger charge is -2.24. The van der Waals surface area contributed by atoms with Crippen LogP contribution in [0.2, 0.25) is 0 Å². The molecule has 1 aliphatic rings. The largest absolute Gasteiger partial charge is 0.339 e. The van der Waals surface area contributed by atoms with Gasteiger partial charge in [-0.2, -0.15) is 5.10 Å². The monoisotopic (exact) mass is 300 g/mol. The molecule has 2 rings (SSSR count). The molecule has 0 aromatic carbocycles. The smallest absolute Gasteiger partial charge is 0.247 e. The lowest BCUT2D eigenvalue weighted by Crippen LogP contribution is -2.39. The summed E-state index contributed by atoms with van der Waals surface area (Å²) in [4.78, 5) is 14.1. The molecule has 1 atom stereocenters. The summed E-state index contributed by atoms with van der Waals surface area (Å²) in [5.41, 5.74) is 0. The van der Waals surface area contributed by atoms with Crippen molar-refractivity contribution < 1.29 is 13.2 Å². The summed E-state index contributed by atoms with van der Waals surface area (Å²) in [6.07, 6.45) is 5.25. The molecule has 7 nitrogen and oxygen atoms in total. The van der Waals surface area contributed by atoms with Gasteiger partial charge in [0.25, 0.3) is 0 Å². The molecule has 2 heterocycles. The van der Waals surface area contributed by atoms with Gasteiger partial charge in [-0.05, 0) is 19.4 Å². The summed E-state index contributed by atoms with van der Waals surface area (Å²) in [5.74, 6) is -0.0240. The number of rotatable bonds is 3. The topological polar surface area (TPSA) is 75.5 Å². The van der Waals surface area contributed by atoms with Crippen LogP contribution in [0.4, 0.5) is 0 Å². The minimum Gasteiger partial charge on any atom is -0.339 e. The molecule has 112 valence electrons. The number of nitrogens with zero attached hydrogens (tertiary/aromatic N) is 4. The molecule has 1 fully saturated rings. The van der Waals surface area contributed by atoms with Gasteiger partial charge < -0.3 is 4.90 Å². The molecule has 1 aromatic heterocycles. The number of sulfonamides is 1. The van der Waals surface area contributed by atoms with Crippen LogP contribution in [-0.2, 0) is 14.8 Å². The number of carbonyl (C=O) groups is 1. The SMILES string of the molecule is CC(C(=O)N1CCCN(S(C)(=O)=O)CC1)n1cccn1. The Morgan fingerprint density at radius 2 is 2.00 bits per heavy atom. The molecule has 1 unspecified atom stereocenters. The molecule has 0 aliphatic carbocycles. The maximum atomic E-state index is 12.4. The van der Waals surface area contributed by atoms with E-state index in [2.05, 4.69) is 5.10 Å². The third kappa shape index (κ3) is 3.37. The molecule has 1 amide bonds. The molecule has 0 N–H and O–H groups in total. The number of hydrogen-bond donors (Lipinski definition) is 0. The molecule has 1 aromatic rings. The van der Waals surface area contributed by atoms with Crippen LogP contribution in [0.25, 0.3) is 0 Å². The lowest BCUT2D eigenvalue weighted by molar-refractivity contribution is -0.134. The van der Waals surface area contributed by atoms with Gasteiger partial charge in [0.05, 0.1) is 6.26 Å². The van der Waals surface area contributed by atoms with Crippen molar-refractivity contribution in [3.8, 4) is 0 Å². The summed E-state index contributed by atoms with van der Waals surface area (Å²) in [6, 6.07) is 1.41. The maximum absolute atomic E-state index is 12.4. The van der Waals surface area contributed by atoms with Crippen molar-refractivity contribution in [3.63, 3.8) is 0 Å². The fourth-order valence-corrected chi connectivity index (χ4v) is 3.21. The van der Waals surface area contributed by atoms with Crippen LogP contribution in [0.15, 0.2) is 18.5 Å². The van der Waals surface area contributed by atoms with Crippen LogP contribution in [0.5, 0.6) is 0 Å². The number of aromatic nitrogens is 2. The lowest BCUT2D eigenvalue weighted by atomic mass is 10.2. The summed E-state index contributed by atoms with van der Waals surface area (Å²) in [5, 5.41) is 4.07. The minimum absolute atomic E-state index is 0.0240. The molecule has 0 spiro atoms. The zero-order valence-corrected chi connectivity index (χ0v) is 12.6. The maximum Gasteiger partial charge on any atom is 0.247 e. The van der Waals surface area contributed by atoms with Crippen LogP contribution in [0.3, 0.4) is 0 Å². The fourth-order valence-electron chi connectivity index (χ4n) is 2.33. The second-order valence-corrected chi connectivity index (χ2v) is 6.99. The van der Waals surface area contributed by atoms with Crippen LogP contribution < -0.4 is 0 Å². The molecule has 8 heteroatoms. The normalized spacial score (nSPS) is 19.6. The van der Waals surface area contributed by atoms with E-state index in [1.807, 2.05) is 0 Å². The van der Waals surface area contributed by atoms with Gasteiger partial charge >= 0.3 is 0 Å². The molecule has 1 saturated heterocycles. The van der Waals surface area contributed by atoms with Crippen LogP contribution in [0, 0.1) is 0 Å². The van der Waals surface area contributed by atoms with Gasteiger partial charge in [-0.15, -0.1) is 0 Å². The first-order valence-electron chi connectivity index (χ1n) is 6.62. The first-order chi connectivity index (χ1) is 9.39. The second kappa shape index (κ2) is 5.92. The van der Waals surface area contributed by atoms with Crippen LogP contribution in [0.1, 0.15) is 19.4 Å². The molecular weight excluding hydrogens is 280 g/mol. The predicted octanol–water partition coefficient (Wildman–Crippen LogP) is -0.0620. The fraction of sp³-hybridized carbons (Fsp3) is 0.667. The highest BCUT2D eigenvalue weighted by Crippen LogP contribution is 2.13. The third-order valence-corrected chi connectivity index (χ3v) is 4.82. The van der Waals surface area contributed by atoms with Crippen molar-refractivity contribution in [2.24, 2.45) is 0 Å². The van der Waals surface area contributed by atoms with E-state index in [0.717, 1.165) is 0 Å². The van der Waals surface area contributed by atoms with E-state index in [1.165, 1.54) is 10.6 Å².